The molecule has 0 spiro atoms. The molecule has 0 radical (unpaired) electrons. The molecule has 2 saturated carbocycles. The van der Waals surface area contributed by atoms with Gasteiger partial charge in [0, 0.05) is 44.1 Å². The van der Waals surface area contributed by atoms with E-state index in [9.17, 15) is 20.1 Å². The van der Waals surface area contributed by atoms with Crippen molar-refractivity contribution in [1.29, 1.82) is 10.5 Å². The highest BCUT2D eigenvalue weighted by molar-refractivity contribution is 5.96. The number of benzene rings is 2. The Morgan fingerprint density at radius 1 is 0.788 bits per heavy atom. The fourth-order valence-corrected chi connectivity index (χ4v) is 8.75. The van der Waals surface area contributed by atoms with Gasteiger partial charge >= 0.3 is 0 Å². The predicted molar refractivity (Wildman–Crippen MR) is 203 cm³/mol. The number of methoxy groups -OCH3 is 1. The number of hydrogen-bond donors (Lipinski definition) is 1. The van der Waals surface area contributed by atoms with Crippen LogP contribution in [0.1, 0.15) is 100 Å². The monoisotopic (exact) mass is 700 g/mol. The zero-order valence-corrected chi connectivity index (χ0v) is 30.9. The maximum absolute atomic E-state index is 14.2. The van der Waals surface area contributed by atoms with Gasteiger partial charge in [0.2, 0.25) is 0 Å². The van der Waals surface area contributed by atoms with Gasteiger partial charge in [-0.3, -0.25) is 14.2 Å². The van der Waals surface area contributed by atoms with E-state index in [4.69, 9.17) is 9.47 Å². The SMILES string of the molecule is COC1(C)CCN(c2c(C#N)c(=O)n(COC3(C)CCN(c4c(C#N)c(=O)[nH]c5ccc([C@H]6C[C@H]6C)cc45)CC3)c3ccc([C@H]4C[C@@H]4C)cc23)CC1. The average Bonchev–Trinajstić information content (AvgIpc) is 4.07. The molecule has 4 heterocycles. The van der Waals surface area contributed by atoms with Gasteiger partial charge in [0.05, 0.1) is 33.6 Å². The lowest BCUT2D eigenvalue weighted by Crippen LogP contribution is -2.46. The Morgan fingerprint density at radius 3 is 1.85 bits per heavy atom. The van der Waals surface area contributed by atoms with E-state index >= 15 is 0 Å². The summed E-state index contributed by atoms with van der Waals surface area (Å²) in [6.07, 6.45) is 5.18. The number of aromatic amines is 1. The third kappa shape index (κ3) is 5.96. The molecule has 2 saturated heterocycles. The number of pyridine rings is 2. The Balaban J connectivity index is 1.09. The van der Waals surface area contributed by atoms with Crippen LogP contribution in [-0.4, -0.2) is 54.0 Å². The number of ether oxygens (including phenoxy) is 2. The zero-order valence-electron chi connectivity index (χ0n) is 30.9. The van der Waals surface area contributed by atoms with Crippen molar-refractivity contribution in [2.75, 3.05) is 43.1 Å². The first-order valence-electron chi connectivity index (χ1n) is 18.9. The van der Waals surface area contributed by atoms with Crippen molar-refractivity contribution in [2.24, 2.45) is 11.8 Å². The van der Waals surface area contributed by atoms with Crippen molar-refractivity contribution >= 4 is 33.2 Å². The molecule has 1 N–H and O–H groups in total. The van der Waals surface area contributed by atoms with Crippen LogP contribution in [0.3, 0.4) is 0 Å². The quantitative estimate of drug-likeness (QED) is 0.211. The van der Waals surface area contributed by atoms with Crippen molar-refractivity contribution < 1.29 is 9.47 Å². The normalized spacial score (nSPS) is 24.8. The summed E-state index contributed by atoms with van der Waals surface area (Å²) in [5, 5.41) is 22.4. The van der Waals surface area contributed by atoms with Crippen molar-refractivity contribution in [1.82, 2.24) is 9.55 Å². The second-order valence-corrected chi connectivity index (χ2v) is 16.4. The maximum atomic E-state index is 14.2. The summed E-state index contributed by atoms with van der Waals surface area (Å²) < 4.78 is 14.1. The molecule has 52 heavy (non-hydrogen) atoms. The second-order valence-electron chi connectivity index (χ2n) is 16.4. The van der Waals surface area contributed by atoms with Gasteiger partial charge in [0.25, 0.3) is 11.1 Å². The van der Waals surface area contributed by atoms with E-state index in [0.29, 0.717) is 68.4 Å². The Morgan fingerprint density at radius 2 is 1.31 bits per heavy atom. The predicted octanol–water partition coefficient (Wildman–Crippen LogP) is 6.87. The number of nitrogens with one attached hydrogen (secondary N) is 1. The number of nitriles is 2. The third-order valence-corrected chi connectivity index (χ3v) is 12.9. The third-order valence-electron chi connectivity index (χ3n) is 12.9. The van der Waals surface area contributed by atoms with E-state index in [0.717, 1.165) is 53.2 Å². The molecule has 4 atom stereocenters. The van der Waals surface area contributed by atoms with E-state index in [2.05, 4.69) is 78.9 Å². The van der Waals surface area contributed by atoms with Crippen molar-refractivity contribution in [3.8, 4) is 12.1 Å². The minimum absolute atomic E-state index is 0.0159. The summed E-state index contributed by atoms with van der Waals surface area (Å²) in [5.41, 5.74) is 4.22. The molecule has 2 aliphatic heterocycles. The molecule has 2 aromatic heterocycles. The molecule has 0 bridgehead atoms. The Hall–Kier alpha value is -4.64. The Bertz CT molecular complexity index is 2280. The van der Waals surface area contributed by atoms with Gasteiger partial charge in [-0.05, 0) is 111 Å². The fraction of sp³-hybridized carbons (Fsp3) is 0.524. The number of aromatic nitrogens is 2. The second kappa shape index (κ2) is 12.8. The van der Waals surface area contributed by atoms with Gasteiger partial charge in [-0.1, -0.05) is 26.0 Å². The lowest BCUT2D eigenvalue weighted by molar-refractivity contribution is -0.0814. The van der Waals surface area contributed by atoms with Crippen LogP contribution in [0.15, 0.2) is 46.0 Å². The van der Waals surface area contributed by atoms with Gasteiger partial charge in [-0.2, -0.15) is 10.5 Å². The minimum atomic E-state index is -0.562. The number of H-pyrrole nitrogens is 1. The van der Waals surface area contributed by atoms with Crippen LogP contribution >= 0.6 is 0 Å². The van der Waals surface area contributed by atoms with E-state index in [1.807, 2.05) is 12.1 Å². The molecule has 0 unspecified atom stereocenters. The molecular formula is C42H48N6O4. The summed E-state index contributed by atoms with van der Waals surface area (Å²) in [6.45, 7) is 11.3. The van der Waals surface area contributed by atoms with Gasteiger partial charge in [-0.15, -0.1) is 0 Å². The van der Waals surface area contributed by atoms with Crippen LogP contribution < -0.4 is 20.9 Å². The maximum Gasteiger partial charge on any atom is 0.273 e. The number of fused-ring (bicyclic) bond motifs is 2. The van der Waals surface area contributed by atoms with Gasteiger partial charge in [-0.25, -0.2) is 0 Å². The molecular weight excluding hydrogens is 652 g/mol. The molecule has 4 aromatic rings. The first-order valence-corrected chi connectivity index (χ1v) is 18.9. The van der Waals surface area contributed by atoms with Gasteiger partial charge in [0.15, 0.2) is 0 Å². The molecule has 270 valence electrons. The highest BCUT2D eigenvalue weighted by Gasteiger charge is 2.38. The first-order chi connectivity index (χ1) is 25.0. The molecule has 4 aliphatic rings. The van der Waals surface area contributed by atoms with Gasteiger partial charge in [0.1, 0.15) is 30.0 Å². The number of hydrogen-bond acceptors (Lipinski definition) is 8. The largest absolute Gasteiger partial charge is 0.378 e. The van der Waals surface area contributed by atoms with Crippen molar-refractivity contribution in [2.45, 2.75) is 96.0 Å². The zero-order chi connectivity index (χ0) is 36.5. The molecule has 4 fully saturated rings. The average molecular weight is 701 g/mol. The Kier molecular flexibility index (Phi) is 8.47. The van der Waals surface area contributed by atoms with E-state index in [-0.39, 0.29) is 34.6 Å². The molecule has 8 rings (SSSR count). The highest BCUT2D eigenvalue weighted by Crippen LogP contribution is 2.49. The van der Waals surface area contributed by atoms with Crippen LogP contribution in [0.5, 0.6) is 0 Å². The molecule has 2 aromatic carbocycles. The number of rotatable bonds is 8. The summed E-state index contributed by atoms with van der Waals surface area (Å²) >= 11 is 0. The first kappa shape index (κ1) is 34.4. The van der Waals surface area contributed by atoms with Crippen LogP contribution in [-0.2, 0) is 16.2 Å². The van der Waals surface area contributed by atoms with Crippen LogP contribution in [0.25, 0.3) is 21.8 Å². The lowest BCUT2D eigenvalue weighted by atomic mass is 9.92. The summed E-state index contributed by atoms with van der Waals surface area (Å²) in [7, 11) is 1.75. The van der Waals surface area contributed by atoms with Crippen LogP contribution in [0.2, 0.25) is 0 Å². The fourth-order valence-electron chi connectivity index (χ4n) is 8.75. The molecule has 10 nitrogen and oxygen atoms in total. The number of nitrogens with zero attached hydrogens (tertiary/aromatic N) is 5. The van der Waals surface area contributed by atoms with Crippen LogP contribution in [0, 0.1) is 34.5 Å². The smallest absolute Gasteiger partial charge is 0.273 e. The summed E-state index contributed by atoms with van der Waals surface area (Å²) in [6, 6.07) is 17.1. The van der Waals surface area contributed by atoms with E-state index in [1.54, 1.807) is 11.7 Å². The summed E-state index contributed by atoms with van der Waals surface area (Å²) in [5.74, 6) is 2.26. The lowest BCUT2D eigenvalue weighted by Gasteiger charge is -2.41. The molecule has 0 amide bonds. The standard InChI is InChI=1S/C42H48N6O4/c1-25-18-29(25)27-6-8-35-31(20-27)37(33(22-43)39(49)45-35)46-16-12-42(4,13-17-46)52-24-48-36-9-7-28(30-19-26(30)2)21-32(36)38(34(23-44)40(48)50)47-14-10-41(3,51-5)11-15-47/h6-9,20-21,25-26,29-30H,10-19,24H2,1-5H3,(H,45,49)/t25-,26+,29+,30+/m1/s1. The summed E-state index contributed by atoms with van der Waals surface area (Å²) in [4.78, 5) is 34.5. The van der Waals surface area contributed by atoms with Crippen molar-refractivity contribution in [3.63, 3.8) is 0 Å². The van der Waals surface area contributed by atoms with Gasteiger partial charge < -0.3 is 24.3 Å². The van der Waals surface area contributed by atoms with E-state index < -0.39 is 5.60 Å². The molecule has 10 heteroatoms. The number of piperidine rings is 2. The number of anilines is 2. The topological polar surface area (TPSA) is 127 Å². The Labute approximate surface area is 304 Å². The van der Waals surface area contributed by atoms with Crippen molar-refractivity contribution in [3.05, 3.63) is 79.4 Å². The van der Waals surface area contributed by atoms with Crippen LogP contribution in [0.4, 0.5) is 11.4 Å². The minimum Gasteiger partial charge on any atom is -0.378 e. The highest BCUT2D eigenvalue weighted by atomic mass is 16.5. The molecule has 2 aliphatic carbocycles. The van der Waals surface area contributed by atoms with E-state index in [1.165, 1.54) is 11.1 Å².